The summed E-state index contributed by atoms with van der Waals surface area (Å²) in [5, 5.41) is 3.40. The Morgan fingerprint density at radius 3 is 2.35 bits per heavy atom. The second kappa shape index (κ2) is 9.09. The molecule has 0 fully saturated rings. The van der Waals surface area contributed by atoms with Crippen molar-refractivity contribution in [1.29, 1.82) is 0 Å². The number of halogens is 1. The van der Waals surface area contributed by atoms with Crippen molar-refractivity contribution in [2.75, 3.05) is 20.1 Å². The van der Waals surface area contributed by atoms with Gasteiger partial charge < -0.3 is 10.2 Å². The maximum absolute atomic E-state index is 13.9. The molecule has 2 nitrogen and oxygen atoms in total. The first kappa shape index (κ1) is 17.1. The topological polar surface area (TPSA) is 15.3 Å². The van der Waals surface area contributed by atoms with E-state index in [1.165, 1.54) is 12.8 Å². The van der Waals surface area contributed by atoms with Crippen LogP contribution in [0.15, 0.2) is 24.3 Å². The summed E-state index contributed by atoms with van der Waals surface area (Å²) in [7, 11) is 2.17. The lowest BCUT2D eigenvalue weighted by atomic mass is 10.0. The minimum Gasteiger partial charge on any atom is -0.310 e. The van der Waals surface area contributed by atoms with Crippen LogP contribution in [0.25, 0.3) is 0 Å². The van der Waals surface area contributed by atoms with Gasteiger partial charge in [-0.2, -0.15) is 0 Å². The van der Waals surface area contributed by atoms with Gasteiger partial charge in [-0.15, -0.1) is 0 Å². The number of hydrogen-bond donors (Lipinski definition) is 1. The minimum absolute atomic E-state index is 0.0954. The molecule has 0 aliphatic rings. The molecule has 1 aromatic carbocycles. The first-order valence-electron chi connectivity index (χ1n) is 7.81. The Kier molecular flexibility index (Phi) is 7.78. The van der Waals surface area contributed by atoms with Gasteiger partial charge in [0.15, 0.2) is 0 Å². The Bertz CT molecular complexity index is 377. The molecular formula is C17H29FN2. The lowest BCUT2D eigenvalue weighted by molar-refractivity contribution is 0.217. The Morgan fingerprint density at radius 2 is 1.80 bits per heavy atom. The van der Waals surface area contributed by atoms with Crippen LogP contribution in [0.3, 0.4) is 0 Å². The summed E-state index contributed by atoms with van der Waals surface area (Å²) in [6.07, 6.45) is 3.26. The maximum Gasteiger partial charge on any atom is 0.127 e. The van der Waals surface area contributed by atoms with E-state index < -0.39 is 0 Å². The van der Waals surface area contributed by atoms with Gasteiger partial charge in [0.1, 0.15) is 5.82 Å². The van der Waals surface area contributed by atoms with Gasteiger partial charge in [-0.05, 0) is 45.5 Å². The molecule has 0 amide bonds. The third-order valence-corrected chi connectivity index (χ3v) is 4.07. The third-order valence-electron chi connectivity index (χ3n) is 4.07. The molecule has 0 spiro atoms. The van der Waals surface area contributed by atoms with Gasteiger partial charge in [0.05, 0.1) is 0 Å². The van der Waals surface area contributed by atoms with Crippen LogP contribution in [0.4, 0.5) is 4.39 Å². The lowest BCUT2D eigenvalue weighted by Crippen LogP contribution is -2.34. The van der Waals surface area contributed by atoms with Crippen LogP contribution in [-0.4, -0.2) is 31.1 Å². The van der Waals surface area contributed by atoms with Crippen LogP contribution >= 0.6 is 0 Å². The molecular weight excluding hydrogens is 251 g/mol. The smallest absolute Gasteiger partial charge is 0.127 e. The van der Waals surface area contributed by atoms with Crippen molar-refractivity contribution in [3.8, 4) is 0 Å². The number of rotatable bonds is 9. The van der Waals surface area contributed by atoms with Crippen molar-refractivity contribution in [3.05, 3.63) is 35.6 Å². The fraction of sp³-hybridized carbons (Fsp3) is 0.647. The fourth-order valence-electron chi connectivity index (χ4n) is 2.80. The summed E-state index contributed by atoms with van der Waals surface area (Å²) < 4.78 is 13.9. The van der Waals surface area contributed by atoms with E-state index in [-0.39, 0.29) is 11.9 Å². The molecule has 0 bridgehead atoms. The zero-order chi connectivity index (χ0) is 15.0. The lowest BCUT2D eigenvalue weighted by Gasteiger charge is -2.28. The second-order valence-corrected chi connectivity index (χ2v) is 5.37. The molecule has 0 heterocycles. The molecule has 0 saturated heterocycles. The summed E-state index contributed by atoms with van der Waals surface area (Å²) >= 11 is 0. The third kappa shape index (κ3) is 4.88. The average Bonchev–Trinajstić information content (AvgIpc) is 2.45. The molecule has 1 rings (SSSR count). The van der Waals surface area contributed by atoms with Crippen molar-refractivity contribution >= 4 is 0 Å². The summed E-state index contributed by atoms with van der Waals surface area (Å²) in [5.74, 6) is -0.108. The fourth-order valence-corrected chi connectivity index (χ4v) is 2.80. The highest BCUT2D eigenvalue weighted by molar-refractivity contribution is 5.21. The molecule has 20 heavy (non-hydrogen) atoms. The predicted molar refractivity (Wildman–Crippen MR) is 84.4 cm³/mol. The van der Waals surface area contributed by atoms with Crippen LogP contribution in [0.2, 0.25) is 0 Å². The molecule has 1 atom stereocenters. The minimum atomic E-state index is -0.108. The monoisotopic (exact) mass is 280 g/mol. The van der Waals surface area contributed by atoms with Gasteiger partial charge >= 0.3 is 0 Å². The SMILES string of the molecule is CCNC(CCN(C)C(CC)CC)c1ccccc1F. The van der Waals surface area contributed by atoms with E-state index in [4.69, 9.17) is 0 Å². The second-order valence-electron chi connectivity index (χ2n) is 5.37. The molecule has 0 aromatic heterocycles. The number of nitrogens with one attached hydrogen (secondary N) is 1. The van der Waals surface area contributed by atoms with Crippen molar-refractivity contribution < 1.29 is 4.39 Å². The van der Waals surface area contributed by atoms with Gasteiger partial charge in [-0.1, -0.05) is 39.0 Å². The van der Waals surface area contributed by atoms with E-state index in [2.05, 4.69) is 38.0 Å². The zero-order valence-corrected chi connectivity index (χ0v) is 13.3. The highest BCUT2D eigenvalue weighted by Crippen LogP contribution is 2.21. The van der Waals surface area contributed by atoms with Gasteiger partial charge in [0.2, 0.25) is 0 Å². The molecule has 0 aliphatic carbocycles. The number of benzene rings is 1. The highest BCUT2D eigenvalue weighted by atomic mass is 19.1. The Labute approximate surface area is 123 Å². The molecule has 1 N–H and O–H groups in total. The maximum atomic E-state index is 13.9. The number of hydrogen-bond acceptors (Lipinski definition) is 2. The summed E-state index contributed by atoms with van der Waals surface area (Å²) in [6, 6.07) is 7.81. The van der Waals surface area contributed by atoms with Crippen LogP contribution in [0.5, 0.6) is 0 Å². The molecule has 114 valence electrons. The van der Waals surface area contributed by atoms with Gasteiger partial charge in [-0.25, -0.2) is 4.39 Å². The van der Waals surface area contributed by atoms with E-state index in [9.17, 15) is 4.39 Å². The molecule has 1 aromatic rings. The molecule has 0 aliphatic heterocycles. The standard InChI is InChI=1S/C17H29FN2/c1-5-14(6-2)20(4)13-12-17(19-7-3)15-10-8-9-11-16(15)18/h8-11,14,17,19H,5-7,12-13H2,1-4H3. The zero-order valence-electron chi connectivity index (χ0n) is 13.3. The van der Waals surface area contributed by atoms with E-state index in [1.54, 1.807) is 12.1 Å². The van der Waals surface area contributed by atoms with Gasteiger partial charge in [0.25, 0.3) is 0 Å². The van der Waals surface area contributed by atoms with Crippen LogP contribution in [-0.2, 0) is 0 Å². The van der Waals surface area contributed by atoms with Gasteiger partial charge in [0, 0.05) is 17.6 Å². The van der Waals surface area contributed by atoms with E-state index in [1.807, 2.05) is 12.1 Å². The summed E-state index contributed by atoms with van der Waals surface area (Å²) in [4.78, 5) is 2.39. The molecule has 1 unspecified atom stereocenters. The molecule has 0 radical (unpaired) electrons. The van der Waals surface area contributed by atoms with Crippen molar-refractivity contribution in [2.24, 2.45) is 0 Å². The predicted octanol–water partition coefficient (Wildman–Crippen LogP) is 3.99. The Balaban J connectivity index is 2.67. The normalized spacial score (nSPS) is 13.2. The average molecular weight is 280 g/mol. The van der Waals surface area contributed by atoms with Crippen LogP contribution in [0, 0.1) is 5.82 Å². The first-order valence-corrected chi connectivity index (χ1v) is 7.81. The quantitative estimate of drug-likeness (QED) is 0.736. The van der Waals surface area contributed by atoms with Crippen LogP contribution < -0.4 is 5.32 Å². The van der Waals surface area contributed by atoms with E-state index in [0.29, 0.717) is 6.04 Å². The highest BCUT2D eigenvalue weighted by Gasteiger charge is 2.17. The number of nitrogens with zero attached hydrogens (tertiary/aromatic N) is 1. The summed E-state index contributed by atoms with van der Waals surface area (Å²) in [6.45, 7) is 8.36. The van der Waals surface area contributed by atoms with Crippen LogP contribution in [0.1, 0.15) is 51.6 Å². The van der Waals surface area contributed by atoms with Crippen molar-refractivity contribution in [1.82, 2.24) is 10.2 Å². The summed E-state index contributed by atoms with van der Waals surface area (Å²) in [5.41, 5.74) is 0.785. The Hall–Kier alpha value is -0.930. The van der Waals surface area contributed by atoms with E-state index in [0.717, 1.165) is 25.1 Å². The van der Waals surface area contributed by atoms with E-state index >= 15 is 0 Å². The van der Waals surface area contributed by atoms with Gasteiger partial charge in [-0.3, -0.25) is 0 Å². The van der Waals surface area contributed by atoms with Crippen molar-refractivity contribution in [2.45, 2.75) is 52.1 Å². The molecule has 3 heteroatoms. The largest absolute Gasteiger partial charge is 0.310 e. The Morgan fingerprint density at radius 1 is 1.15 bits per heavy atom. The molecule has 0 saturated carbocycles. The first-order chi connectivity index (χ1) is 9.63. The van der Waals surface area contributed by atoms with Crippen molar-refractivity contribution in [3.63, 3.8) is 0 Å².